The molecule has 1 amide bonds. The van der Waals surface area contributed by atoms with Gasteiger partial charge in [0.1, 0.15) is 6.20 Å². The third kappa shape index (κ3) is 1.32. The maximum atomic E-state index is 11.5. The highest BCUT2D eigenvalue weighted by Gasteiger charge is 2.27. The third-order valence-corrected chi connectivity index (χ3v) is 2.36. The first-order valence-electron chi connectivity index (χ1n) is 4.62. The standard InChI is InChI=1S/C9H13N3O/c1-3-11-5-8-4-7(2)10-9(13)12(8)6-11/h5-7H,3-4H2,1-2H3/p+1. The van der Waals surface area contributed by atoms with Crippen LogP contribution in [0.15, 0.2) is 12.5 Å². The fourth-order valence-electron chi connectivity index (χ4n) is 1.66. The zero-order chi connectivity index (χ0) is 9.42. The van der Waals surface area contributed by atoms with Crippen LogP contribution in [0.2, 0.25) is 0 Å². The van der Waals surface area contributed by atoms with Crippen molar-refractivity contribution in [3.8, 4) is 0 Å². The zero-order valence-corrected chi connectivity index (χ0v) is 7.95. The van der Waals surface area contributed by atoms with Crippen LogP contribution in [0.5, 0.6) is 0 Å². The van der Waals surface area contributed by atoms with Gasteiger partial charge in [0.15, 0.2) is 5.69 Å². The second-order valence-electron chi connectivity index (χ2n) is 3.49. The average Bonchev–Trinajstić information content (AvgIpc) is 2.47. The van der Waals surface area contributed by atoms with E-state index in [1.54, 1.807) is 4.57 Å². The summed E-state index contributed by atoms with van der Waals surface area (Å²) < 4.78 is 3.70. The lowest BCUT2D eigenvalue weighted by atomic mass is 10.1. The molecule has 0 saturated carbocycles. The molecule has 1 N–H and O–H groups in total. The van der Waals surface area contributed by atoms with Gasteiger partial charge in [-0.1, -0.05) is 0 Å². The largest absolute Gasteiger partial charge is 0.413 e. The monoisotopic (exact) mass is 180 g/mol. The summed E-state index contributed by atoms with van der Waals surface area (Å²) in [5.41, 5.74) is 1.10. The quantitative estimate of drug-likeness (QED) is 0.620. The first-order valence-corrected chi connectivity index (χ1v) is 4.62. The highest BCUT2D eigenvalue weighted by molar-refractivity contribution is 5.78. The maximum Gasteiger partial charge on any atom is 0.413 e. The number of hydrogen-bond donors (Lipinski definition) is 1. The van der Waals surface area contributed by atoms with E-state index in [1.807, 2.05) is 24.0 Å². The summed E-state index contributed by atoms with van der Waals surface area (Å²) in [5, 5.41) is 2.88. The Bertz CT molecular complexity index is 343. The predicted molar refractivity (Wildman–Crippen MR) is 47.4 cm³/mol. The molecule has 1 atom stereocenters. The van der Waals surface area contributed by atoms with E-state index in [0.29, 0.717) is 0 Å². The molecule has 0 aliphatic carbocycles. The number of nitrogens with one attached hydrogen (secondary N) is 1. The van der Waals surface area contributed by atoms with E-state index >= 15 is 0 Å². The molecule has 1 aromatic rings. The molecular weight excluding hydrogens is 166 g/mol. The molecule has 0 bridgehead atoms. The van der Waals surface area contributed by atoms with Crippen molar-refractivity contribution in [3.05, 3.63) is 18.2 Å². The van der Waals surface area contributed by atoms with Gasteiger partial charge >= 0.3 is 6.03 Å². The van der Waals surface area contributed by atoms with Gasteiger partial charge in [-0.05, 0) is 13.8 Å². The van der Waals surface area contributed by atoms with E-state index < -0.39 is 0 Å². The normalized spacial score (nSPS) is 21.1. The summed E-state index contributed by atoms with van der Waals surface area (Å²) >= 11 is 0. The van der Waals surface area contributed by atoms with Crippen LogP contribution in [0.4, 0.5) is 4.79 Å². The topological polar surface area (TPSA) is 37.9 Å². The molecule has 13 heavy (non-hydrogen) atoms. The molecule has 70 valence electrons. The minimum absolute atomic E-state index is 0.0130. The molecule has 1 aromatic heterocycles. The lowest BCUT2D eigenvalue weighted by molar-refractivity contribution is -0.692. The van der Waals surface area contributed by atoms with Gasteiger partial charge in [0.2, 0.25) is 0 Å². The second kappa shape index (κ2) is 2.87. The van der Waals surface area contributed by atoms with Crippen molar-refractivity contribution in [3.63, 3.8) is 0 Å². The Morgan fingerprint density at radius 2 is 2.54 bits per heavy atom. The first-order chi connectivity index (χ1) is 6.20. The lowest BCUT2D eigenvalue weighted by Crippen LogP contribution is -2.42. The van der Waals surface area contributed by atoms with Crippen molar-refractivity contribution in [2.45, 2.75) is 32.9 Å². The Hall–Kier alpha value is -1.32. The molecule has 1 aliphatic rings. The van der Waals surface area contributed by atoms with Crippen molar-refractivity contribution >= 4 is 6.03 Å². The predicted octanol–water partition coefficient (Wildman–Crippen LogP) is 0.298. The van der Waals surface area contributed by atoms with Gasteiger partial charge in [-0.15, -0.1) is 4.57 Å². The van der Waals surface area contributed by atoms with E-state index in [0.717, 1.165) is 18.7 Å². The van der Waals surface area contributed by atoms with Crippen LogP contribution in [0, 0.1) is 0 Å². The van der Waals surface area contributed by atoms with Gasteiger partial charge in [0, 0.05) is 12.5 Å². The van der Waals surface area contributed by atoms with Crippen LogP contribution in [-0.2, 0) is 13.0 Å². The van der Waals surface area contributed by atoms with Crippen LogP contribution in [0.25, 0.3) is 0 Å². The molecule has 0 fully saturated rings. The van der Waals surface area contributed by atoms with E-state index in [2.05, 4.69) is 12.2 Å². The molecule has 2 rings (SSSR count). The summed E-state index contributed by atoms with van der Waals surface area (Å²) in [4.78, 5) is 11.5. The van der Waals surface area contributed by atoms with Crippen molar-refractivity contribution in [1.29, 1.82) is 0 Å². The molecule has 4 heteroatoms. The third-order valence-electron chi connectivity index (χ3n) is 2.36. The maximum absolute atomic E-state index is 11.5. The number of hydrogen-bond acceptors (Lipinski definition) is 1. The molecule has 0 radical (unpaired) electrons. The van der Waals surface area contributed by atoms with Gasteiger partial charge in [-0.2, -0.15) is 0 Å². The number of aromatic nitrogens is 2. The zero-order valence-electron chi connectivity index (χ0n) is 7.95. The fraction of sp³-hybridized carbons (Fsp3) is 0.556. The van der Waals surface area contributed by atoms with E-state index in [4.69, 9.17) is 0 Å². The minimum atomic E-state index is -0.0130. The Morgan fingerprint density at radius 3 is 3.23 bits per heavy atom. The Balaban J connectivity index is 2.40. The van der Waals surface area contributed by atoms with Gasteiger partial charge in [0.05, 0.1) is 6.54 Å². The molecule has 0 aromatic carbocycles. The van der Waals surface area contributed by atoms with E-state index in [-0.39, 0.29) is 12.1 Å². The number of amides is 1. The molecule has 2 heterocycles. The summed E-state index contributed by atoms with van der Waals surface area (Å²) in [7, 11) is 0. The van der Waals surface area contributed by atoms with Gasteiger partial charge in [0.25, 0.3) is 6.33 Å². The molecular formula is C9H14N3O+. The lowest BCUT2D eigenvalue weighted by Gasteiger charge is -2.15. The summed E-state index contributed by atoms with van der Waals surface area (Å²) in [6, 6.07) is 0.237. The Morgan fingerprint density at radius 1 is 1.77 bits per heavy atom. The van der Waals surface area contributed by atoms with Gasteiger partial charge in [-0.25, -0.2) is 9.36 Å². The average molecular weight is 180 g/mol. The number of rotatable bonds is 1. The van der Waals surface area contributed by atoms with Gasteiger partial charge < -0.3 is 5.32 Å². The Kier molecular flexibility index (Phi) is 1.83. The smallest absolute Gasteiger partial charge is 0.315 e. The highest BCUT2D eigenvalue weighted by atomic mass is 16.2. The van der Waals surface area contributed by atoms with Crippen molar-refractivity contribution in [1.82, 2.24) is 9.88 Å². The highest BCUT2D eigenvalue weighted by Crippen LogP contribution is 2.07. The van der Waals surface area contributed by atoms with Crippen LogP contribution in [0.1, 0.15) is 19.5 Å². The molecule has 0 spiro atoms. The number of fused-ring (bicyclic) bond motifs is 1. The molecule has 1 unspecified atom stereocenters. The number of nitrogens with zero attached hydrogens (tertiary/aromatic N) is 2. The molecule has 4 nitrogen and oxygen atoms in total. The van der Waals surface area contributed by atoms with Crippen LogP contribution < -0.4 is 9.88 Å². The minimum Gasteiger partial charge on any atom is -0.315 e. The second-order valence-corrected chi connectivity index (χ2v) is 3.49. The van der Waals surface area contributed by atoms with Gasteiger partial charge in [-0.3, -0.25) is 0 Å². The SMILES string of the molecule is CC[n+]1cc2n(c1)C(=O)NC(C)C2. The number of carbonyl (C=O) groups excluding carboxylic acids is 1. The molecule has 1 aliphatic heterocycles. The first kappa shape index (κ1) is 8.29. The van der Waals surface area contributed by atoms with Crippen LogP contribution >= 0.6 is 0 Å². The number of aryl methyl sites for hydroxylation is 1. The Labute approximate surface area is 77.2 Å². The van der Waals surface area contributed by atoms with Crippen molar-refractivity contribution < 1.29 is 9.36 Å². The van der Waals surface area contributed by atoms with Crippen molar-refractivity contribution in [2.24, 2.45) is 0 Å². The van der Waals surface area contributed by atoms with Crippen LogP contribution in [-0.4, -0.2) is 16.6 Å². The van der Waals surface area contributed by atoms with Crippen LogP contribution in [0.3, 0.4) is 0 Å². The number of imidazole rings is 1. The molecule has 0 saturated heterocycles. The number of carbonyl (C=O) groups is 1. The van der Waals surface area contributed by atoms with E-state index in [1.165, 1.54) is 0 Å². The van der Waals surface area contributed by atoms with E-state index in [9.17, 15) is 4.79 Å². The fourth-order valence-corrected chi connectivity index (χ4v) is 1.66. The summed E-state index contributed by atoms with van der Waals surface area (Å²) in [6.07, 6.45) is 4.80. The van der Waals surface area contributed by atoms with Crippen molar-refractivity contribution in [2.75, 3.05) is 0 Å². The summed E-state index contributed by atoms with van der Waals surface area (Å²) in [6.45, 7) is 4.99. The summed E-state index contributed by atoms with van der Waals surface area (Å²) in [5.74, 6) is 0.